The van der Waals surface area contributed by atoms with Crippen LogP contribution in [0.15, 0.2) is 18.2 Å². The lowest BCUT2D eigenvalue weighted by atomic mass is 10.1. The summed E-state index contributed by atoms with van der Waals surface area (Å²) in [7, 11) is 0. The lowest BCUT2D eigenvalue weighted by Crippen LogP contribution is -1.94. The number of phenols is 2. The van der Waals surface area contributed by atoms with Crippen molar-refractivity contribution in [2.24, 2.45) is 0 Å². The smallest absolute Gasteiger partial charge is 0.157 e. The summed E-state index contributed by atoms with van der Waals surface area (Å²) in [6.45, 7) is 4.45. The molecule has 2 nitrogen and oxygen atoms in total. The van der Waals surface area contributed by atoms with Gasteiger partial charge in [0.2, 0.25) is 0 Å². The Balaban J connectivity index is 2.07. The van der Waals surface area contributed by atoms with Crippen LogP contribution in [-0.2, 0) is 0 Å². The first-order valence-corrected chi connectivity index (χ1v) is 10.9. The number of rotatable bonds is 14. The van der Waals surface area contributed by atoms with E-state index >= 15 is 0 Å². The van der Waals surface area contributed by atoms with Gasteiger partial charge in [0.05, 0.1) is 0 Å². The Morgan fingerprint density at radius 2 is 1.38 bits per heavy atom. The predicted molar refractivity (Wildman–Crippen MR) is 107 cm³/mol. The van der Waals surface area contributed by atoms with E-state index in [4.69, 9.17) is 0 Å². The summed E-state index contributed by atoms with van der Waals surface area (Å²) in [6, 6.07) is 5.22. The molecule has 3 heteroatoms. The SMILES string of the molecule is CCCCCCCCCCCCSC(CC)c1ccc(O)c(O)c1. The number of hydrogen-bond acceptors (Lipinski definition) is 3. The Kier molecular flexibility index (Phi) is 11.9. The fourth-order valence-corrected chi connectivity index (χ4v) is 4.24. The molecule has 0 aliphatic carbocycles. The summed E-state index contributed by atoms with van der Waals surface area (Å²) in [4.78, 5) is 0. The first-order valence-electron chi connectivity index (χ1n) is 9.82. The van der Waals surface area contributed by atoms with Gasteiger partial charge in [0.25, 0.3) is 0 Å². The third kappa shape index (κ3) is 8.86. The lowest BCUT2D eigenvalue weighted by Gasteiger charge is -2.15. The van der Waals surface area contributed by atoms with Crippen LogP contribution >= 0.6 is 11.8 Å². The molecule has 0 spiro atoms. The van der Waals surface area contributed by atoms with Gasteiger partial charge in [-0.1, -0.05) is 77.7 Å². The van der Waals surface area contributed by atoms with Gasteiger partial charge in [0.1, 0.15) is 0 Å². The molecule has 1 aromatic rings. The zero-order valence-corrected chi connectivity index (χ0v) is 16.4. The second-order valence-corrected chi connectivity index (χ2v) is 8.01. The van der Waals surface area contributed by atoms with Crippen LogP contribution in [-0.4, -0.2) is 16.0 Å². The summed E-state index contributed by atoms with van der Waals surface area (Å²) in [5.74, 6) is 1.13. The molecule has 2 N–H and O–H groups in total. The molecule has 0 bridgehead atoms. The highest BCUT2D eigenvalue weighted by molar-refractivity contribution is 7.99. The molecule has 1 aromatic carbocycles. The highest BCUT2D eigenvalue weighted by Crippen LogP contribution is 2.36. The minimum absolute atomic E-state index is 0.00881. The van der Waals surface area contributed by atoms with E-state index in [0.29, 0.717) is 5.25 Å². The second-order valence-electron chi connectivity index (χ2n) is 6.70. The molecule has 0 aromatic heterocycles. The summed E-state index contributed by atoms with van der Waals surface area (Å²) in [5.41, 5.74) is 1.12. The highest BCUT2D eigenvalue weighted by Gasteiger charge is 2.11. The monoisotopic (exact) mass is 352 g/mol. The number of aromatic hydroxyl groups is 2. The number of phenolic OH excluding ortho intramolecular Hbond substituents is 2. The van der Waals surface area contributed by atoms with Crippen molar-refractivity contribution in [3.63, 3.8) is 0 Å². The maximum absolute atomic E-state index is 9.65. The molecule has 0 aliphatic heterocycles. The lowest BCUT2D eigenvalue weighted by molar-refractivity contribution is 0.403. The summed E-state index contributed by atoms with van der Waals surface area (Å²) in [6.07, 6.45) is 14.8. The van der Waals surface area contributed by atoms with Gasteiger partial charge in [-0.25, -0.2) is 0 Å². The van der Waals surface area contributed by atoms with E-state index in [2.05, 4.69) is 13.8 Å². The minimum atomic E-state index is -0.0340. The van der Waals surface area contributed by atoms with Crippen molar-refractivity contribution in [1.82, 2.24) is 0 Å². The van der Waals surface area contributed by atoms with Crippen molar-refractivity contribution >= 4 is 11.8 Å². The van der Waals surface area contributed by atoms with Crippen LogP contribution in [0.1, 0.15) is 95.3 Å². The molecule has 0 aliphatic rings. The normalized spacial score (nSPS) is 12.4. The van der Waals surface area contributed by atoms with Crippen molar-refractivity contribution in [2.45, 2.75) is 89.7 Å². The van der Waals surface area contributed by atoms with Crippen LogP contribution < -0.4 is 0 Å². The van der Waals surface area contributed by atoms with Gasteiger partial charge in [0.15, 0.2) is 11.5 Å². The van der Waals surface area contributed by atoms with E-state index in [-0.39, 0.29) is 11.5 Å². The third-order valence-corrected chi connectivity index (χ3v) is 6.09. The highest BCUT2D eigenvalue weighted by atomic mass is 32.2. The van der Waals surface area contributed by atoms with E-state index in [1.807, 2.05) is 17.8 Å². The number of benzene rings is 1. The van der Waals surface area contributed by atoms with Gasteiger partial charge in [-0.2, -0.15) is 11.8 Å². The van der Waals surface area contributed by atoms with Gasteiger partial charge < -0.3 is 10.2 Å². The van der Waals surface area contributed by atoms with Gasteiger partial charge in [-0.05, 0) is 36.3 Å². The van der Waals surface area contributed by atoms with Crippen molar-refractivity contribution in [3.8, 4) is 11.5 Å². The second kappa shape index (κ2) is 13.5. The third-order valence-electron chi connectivity index (χ3n) is 4.56. The first kappa shape index (κ1) is 21.2. The van der Waals surface area contributed by atoms with E-state index in [1.165, 1.54) is 70.0 Å². The van der Waals surface area contributed by atoms with Crippen molar-refractivity contribution < 1.29 is 10.2 Å². The Hall–Kier alpha value is -0.830. The molecule has 0 heterocycles. The van der Waals surface area contributed by atoms with Gasteiger partial charge in [-0.3, -0.25) is 0 Å². The van der Waals surface area contributed by atoms with Crippen molar-refractivity contribution in [3.05, 3.63) is 23.8 Å². The zero-order chi connectivity index (χ0) is 17.6. The zero-order valence-electron chi connectivity index (χ0n) is 15.6. The molecule has 1 rings (SSSR count). The van der Waals surface area contributed by atoms with Crippen molar-refractivity contribution in [1.29, 1.82) is 0 Å². The van der Waals surface area contributed by atoms with Gasteiger partial charge in [0, 0.05) is 5.25 Å². The summed E-state index contributed by atoms with van der Waals surface area (Å²) in [5, 5.41) is 19.5. The van der Waals surface area contributed by atoms with Gasteiger partial charge in [-0.15, -0.1) is 0 Å². The van der Waals surface area contributed by atoms with Crippen LogP contribution in [0.4, 0.5) is 0 Å². The molecule has 24 heavy (non-hydrogen) atoms. The minimum Gasteiger partial charge on any atom is -0.504 e. The maximum Gasteiger partial charge on any atom is 0.157 e. The molecular formula is C21H36O2S. The predicted octanol–water partition coefficient (Wildman–Crippen LogP) is 7.20. The van der Waals surface area contributed by atoms with E-state index < -0.39 is 0 Å². The maximum atomic E-state index is 9.65. The van der Waals surface area contributed by atoms with Crippen LogP contribution in [0.2, 0.25) is 0 Å². The average Bonchev–Trinajstić information content (AvgIpc) is 2.59. The quantitative estimate of drug-likeness (QED) is 0.275. The molecule has 1 unspecified atom stereocenters. The van der Waals surface area contributed by atoms with Crippen molar-refractivity contribution in [2.75, 3.05) is 5.75 Å². The Labute approximate surface area is 153 Å². The molecule has 0 saturated heterocycles. The van der Waals surface area contributed by atoms with Crippen LogP contribution in [0.3, 0.4) is 0 Å². The molecular weight excluding hydrogens is 316 g/mol. The standard InChI is InChI=1S/C21H36O2S/c1-3-5-6-7-8-9-10-11-12-13-16-24-21(4-2)18-14-15-19(22)20(23)17-18/h14-15,17,21-23H,3-13,16H2,1-2H3. The molecule has 0 fully saturated rings. The average molecular weight is 353 g/mol. The fourth-order valence-electron chi connectivity index (χ4n) is 3.01. The summed E-state index contributed by atoms with van der Waals surface area (Å²) < 4.78 is 0. The molecule has 0 amide bonds. The fraction of sp³-hybridized carbons (Fsp3) is 0.714. The first-order chi connectivity index (χ1) is 11.7. The topological polar surface area (TPSA) is 40.5 Å². The van der Waals surface area contributed by atoms with Gasteiger partial charge >= 0.3 is 0 Å². The van der Waals surface area contributed by atoms with E-state index in [9.17, 15) is 10.2 Å². The Morgan fingerprint density at radius 1 is 0.792 bits per heavy atom. The molecule has 0 radical (unpaired) electrons. The summed E-state index contributed by atoms with van der Waals surface area (Å²) >= 11 is 1.97. The van der Waals surface area contributed by atoms with E-state index in [0.717, 1.165) is 12.0 Å². The van der Waals surface area contributed by atoms with Crippen LogP contribution in [0.5, 0.6) is 11.5 Å². The number of thioether (sulfide) groups is 1. The largest absolute Gasteiger partial charge is 0.504 e. The number of hydrogen-bond donors (Lipinski definition) is 2. The Morgan fingerprint density at radius 3 is 1.92 bits per heavy atom. The Bertz CT molecular complexity index is 434. The number of unbranched alkanes of at least 4 members (excludes halogenated alkanes) is 9. The van der Waals surface area contributed by atoms with Crippen LogP contribution in [0.25, 0.3) is 0 Å². The van der Waals surface area contributed by atoms with Crippen LogP contribution in [0, 0.1) is 0 Å². The van der Waals surface area contributed by atoms with E-state index in [1.54, 1.807) is 12.1 Å². The molecule has 1 atom stereocenters. The molecule has 138 valence electrons. The molecule has 0 saturated carbocycles.